The van der Waals surface area contributed by atoms with Crippen LogP contribution in [0.2, 0.25) is 0 Å². The molecule has 0 saturated carbocycles. The Bertz CT molecular complexity index is 656. The smallest absolute Gasteiger partial charge is 0.846 e. The van der Waals surface area contributed by atoms with Gasteiger partial charge < -0.3 is 15.5 Å². The Labute approximate surface area is 248 Å². The summed E-state index contributed by atoms with van der Waals surface area (Å²) in [6.45, 7) is 7.89. The summed E-state index contributed by atoms with van der Waals surface area (Å²) in [5.41, 5.74) is -1.15. The zero-order valence-electron chi connectivity index (χ0n) is 24.5. The Balaban J connectivity index is 0. The van der Waals surface area contributed by atoms with Crippen molar-refractivity contribution < 1.29 is 54.2 Å². The van der Waals surface area contributed by atoms with Gasteiger partial charge in [0.05, 0.1) is 6.02 Å². The van der Waals surface area contributed by atoms with Crippen molar-refractivity contribution >= 4 is 23.8 Å². The van der Waals surface area contributed by atoms with Crippen LogP contribution in [-0.4, -0.2) is 28.9 Å². The van der Waals surface area contributed by atoms with Gasteiger partial charge >= 0.3 is 35.5 Å². The number of amidine groups is 1. The minimum atomic E-state index is -1.15. The fourth-order valence-electron chi connectivity index (χ4n) is 4.95. The largest absolute Gasteiger partial charge is 1.00 e. The second kappa shape index (κ2) is 24.1. The van der Waals surface area contributed by atoms with Crippen LogP contribution in [0.3, 0.4) is 0 Å². The van der Waals surface area contributed by atoms with Crippen molar-refractivity contribution in [3.8, 4) is 0 Å². The van der Waals surface area contributed by atoms with Crippen molar-refractivity contribution in [1.82, 2.24) is 5.32 Å². The number of unbranched alkanes of at least 4 members (excludes halogenated alkanes) is 14. The summed E-state index contributed by atoms with van der Waals surface area (Å²) < 4.78 is 0. The van der Waals surface area contributed by atoms with Crippen LogP contribution < -0.4 is 40.0 Å². The Kier molecular flexibility index (Phi) is 24.9. The van der Waals surface area contributed by atoms with Crippen LogP contribution in [0.4, 0.5) is 0 Å². The van der Waals surface area contributed by atoms with Gasteiger partial charge in [-0.25, -0.2) is 4.99 Å². The maximum Gasteiger partial charge on any atom is 1.00 e. The van der Waals surface area contributed by atoms with E-state index in [4.69, 9.17) is 5.11 Å². The van der Waals surface area contributed by atoms with E-state index in [1.165, 1.54) is 83.5 Å². The van der Waals surface area contributed by atoms with Gasteiger partial charge in [-0.2, -0.15) is 0 Å². The number of hydrogen-bond acceptors (Lipinski definition) is 4. The number of amides is 2. The number of nitrogens with one attached hydrogen (secondary N) is 1. The van der Waals surface area contributed by atoms with Crippen LogP contribution >= 0.6 is 0 Å². The molecule has 1 aliphatic heterocycles. The van der Waals surface area contributed by atoms with Crippen molar-refractivity contribution in [2.75, 3.05) is 0 Å². The zero-order valence-corrected chi connectivity index (χ0v) is 26.5. The van der Waals surface area contributed by atoms with E-state index in [2.05, 4.69) is 17.2 Å². The van der Waals surface area contributed by atoms with Crippen molar-refractivity contribution in [2.24, 2.45) is 16.3 Å². The molecule has 0 bridgehead atoms. The molecule has 2 N–H and O–H groups in total. The Morgan fingerprint density at radius 1 is 0.838 bits per heavy atom. The maximum atomic E-state index is 11.9. The predicted molar refractivity (Wildman–Crippen MR) is 145 cm³/mol. The summed E-state index contributed by atoms with van der Waals surface area (Å²) >= 11 is 0. The van der Waals surface area contributed by atoms with Crippen LogP contribution in [0.25, 0.3) is 0 Å². The van der Waals surface area contributed by atoms with Crippen LogP contribution in [0.5, 0.6) is 0 Å². The molecule has 210 valence electrons. The molecule has 1 rings (SSSR count). The molecule has 2 atom stereocenters. The summed E-state index contributed by atoms with van der Waals surface area (Å²) in [4.78, 5) is 37.4. The molecule has 0 aromatic heterocycles. The van der Waals surface area contributed by atoms with E-state index >= 15 is 0 Å². The molecule has 0 aromatic carbocycles. The van der Waals surface area contributed by atoms with E-state index in [-0.39, 0.29) is 35.5 Å². The standard InChI is InChI=1S/C18H36O2.C11H18N2O3.Na/c1-2-3-4-5-6-7-8-9-10-11-12-13-14-15-16-17-18(19)20;1-4-6-7(3)11(5-2)8(14)12-10(16)13-9(11)15;/h2-17H2,1H3,(H,19,20);7H,4-6H2,1-3H3,(H2,12,13,14,15,16);/q;;+1/p-1. The number of carbonyl (C=O) groups excluding carboxylic acids is 2. The molecule has 8 heteroatoms. The normalized spacial score (nSPS) is 17.7. The van der Waals surface area contributed by atoms with Gasteiger partial charge in [0.25, 0.3) is 5.91 Å². The predicted octanol–water partition coefficient (Wildman–Crippen LogP) is 3.53. The van der Waals surface area contributed by atoms with E-state index in [0.717, 1.165) is 25.7 Å². The number of rotatable bonds is 20. The quantitative estimate of drug-likeness (QED) is 0.141. The van der Waals surface area contributed by atoms with E-state index in [9.17, 15) is 19.5 Å². The molecule has 37 heavy (non-hydrogen) atoms. The monoisotopic (exact) mass is 532 g/mol. The molecule has 0 aliphatic carbocycles. The second-order valence-corrected chi connectivity index (χ2v) is 10.3. The molecular weight excluding hydrogens is 479 g/mol. The third kappa shape index (κ3) is 16.6. The number of hydrogen-bond donors (Lipinski definition) is 2. The molecule has 1 aliphatic rings. The maximum absolute atomic E-state index is 11.9. The van der Waals surface area contributed by atoms with Gasteiger partial charge in [-0.1, -0.05) is 124 Å². The van der Waals surface area contributed by atoms with E-state index < -0.39 is 29.2 Å². The van der Waals surface area contributed by atoms with Crippen LogP contribution in [-0.2, 0) is 14.4 Å². The van der Waals surface area contributed by atoms with Gasteiger partial charge in [-0.05, 0) is 25.2 Å². The minimum absolute atomic E-state index is 0. The number of carboxylic acids is 1. The number of aliphatic imine (C=N–C) groups is 1. The first kappa shape index (κ1) is 38.2. The molecule has 2 amide bonds. The summed E-state index contributed by atoms with van der Waals surface area (Å²) in [5.74, 6) is -1.85. The topological polar surface area (TPSA) is 119 Å². The Hall–Kier alpha value is -0.920. The van der Waals surface area contributed by atoms with Gasteiger partial charge in [0.15, 0.2) is 0 Å². The Morgan fingerprint density at radius 3 is 1.62 bits per heavy atom. The average Bonchev–Trinajstić information content (AvgIpc) is 2.82. The van der Waals surface area contributed by atoms with Gasteiger partial charge in [0.1, 0.15) is 5.41 Å². The summed E-state index contributed by atoms with van der Waals surface area (Å²) in [7, 11) is 0. The third-order valence-electron chi connectivity index (χ3n) is 7.33. The van der Waals surface area contributed by atoms with Gasteiger partial charge in [-0.15, -0.1) is 0 Å². The first-order valence-electron chi connectivity index (χ1n) is 14.6. The number of aliphatic carboxylic acids is 1. The molecule has 0 fully saturated rings. The van der Waals surface area contributed by atoms with E-state index in [1.54, 1.807) is 6.92 Å². The minimum Gasteiger partial charge on any atom is -0.846 e. The molecule has 2 unspecified atom stereocenters. The fraction of sp³-hybridized carbons (Fsp3) is 0.862. The average molecular weight is 533 g/mol. The number of nitrogens with zero attached hydrogens (tertiary/aromatic N) is 1. The summed E-state index contributed by atoms with van der Waals surface area (Å²) in [6, 6.07) is -0.845. The van der Waals surface area contributed by atoms with Crippen LogP contribution in [0.15, 0.2) is 4.99 Å². The van der Waals surface area contributed by atoms with Gasteiger partial charge in [0.2, 0.25) is 5.91 Å². The van der Waals surface area contributed by atoms with Crippen LogP contribution in [0, 0.1) is 11.3 Å². The molecule has 0 radical (unpaired) electrons. The van der Waals surface area contributed by atoms with E-state index in [0.29, 0.717) is 12.8 Å². The molecular formula is C29H53N2NaO5. The van der Waals surface area contributed by atoms with Crippen LogP contribution in [0.1, 0.15) is 150 Å². The zero-order chi connectivity index (χ0) is 27.2. The fourth-order valence-corrected chi connectivity index (χ4v) is 4.95. The number of carbonyl (C=O) groups is 3. The molecule has 0 aromatic rings. The SMILES string of the molecule is CCCC(C)C1(CC)C(=O)N=C([O-])NC1=O.CCCCCCCCCCCCCCCCCC(=O)O.[Na+]. The molecule has 1 heterocycles. The first-order chi connectivity index (χ1) is 17.3. The molecule has 7 nitrogen and oxygen atoms in total. The van der Waals surface area contributed by atoms with Crippen molar-refractivity contribution in [1.29, 1.82) is 0 Å². The van der Waals surface area contributed by atoms with Crippen molar-refractivity contribution in [3.05, 3.63) is 0 Å². The van der Waals surface area contributed by atoms with Crippen molar-refractivity contribution in [3.63, 3.8) is 0 Å². The second-order valence-electron chi connectivity index (χ2n) is 10.3. The first-order valence-corrected chi connectivity index (χ1v) is 14.6. The molecule has 0 spiro atoms. The van der Waals surface area contributed by atoms with E-state index in [1.807, 2.05) is 13.8 Å². The molecule has 0 saturated heterocycles. The summed E-state index contributed by atoms with van der Waals surface area (Å²) in [5, 5.41) is 21.6. The van der Waals surface area contributed by atoms with Gasteiger partial charge in [0, 0.05) is 6.42 Å². The van der Waals surface area contributed by atoms with Gasteiger partial charge in [-0.3, -0.25) is 14.4 Å². The Morgan fingerprint density at radius 2 is 1.27 bits per heavy atom. The third-order valence-corrected chi connectivity index (χ3v) is 7.33. The number of carboxylic acid groups (broad SMARTS) is 1. The van der Waals surface area contributed by atoms with Crippen molar-refractivity contribution in [2.45, 2.75) is 150 Å². The summed E-state index contributed by atoms with van der Waals surface area (Å²) in [6.07, 6.45) is 22.2.